The second kappa shape index (κ2) is 13.6. The summed E-state index contributed by atoms with van der Waals surface area (Å²) in [5.74, 6) is 0. The molecule has 2 aromatic heterocycles. The zero-order chi connectivity index (χ0) is 38.9. The molecule has 0 saturated heterocycles. The van der Waals surface area contributed by atoms with Crippen LogP contribution in [0.2, 0.25) is 0 Å². The van der Waals surface area contributed by atoms with Crippen molar-refractivity contribution in [1.29, 1.82) is 0 Å². The summed E-state index contributed by atoms with van der Waals surface area (Å²) in [6.07, 6.45) is 0. The molecule has 0 fully saturated rings. The highest BCUT2D eigenvalue weighted by atomic mass is 32.1. The number of furan rings is 1. The number of nitrogens with zero attached hydrogens (tertiary/aromatic N) is 1. The molecule has 276 valence electrons. The van der Waals surface area contributed by atoms with Gasteiger partial charge in [0.05, 0.1) is 0 Å². The average Bonchev–Trinajstić information content (AvgIpc) is 3.88. The van der Waals surface area contributed by atoms with Gasteiger partial charge in [-0.3, -0.25) is 0 Å². The van der Waals surface area contributed by atoms with E-state index in [0.717, 1.165) is 55.5 Å². The van der Waals surface area contributed by atoms with Gasteiger partial charge >= 0.3 is 0 Å². The van der Waals surface area contributed by atoms with Crippen LogP contribution in [0.25, 0.3) is 97.0 Å². The summed E-state index contributed by atoms with van der Waals surface area (Å²) >= 11 is 1.86. The highest BCUT2D eigenvalue weighted by Gasteiger charge is 2.18. The fourth-order valence-electron chi connectivity index (χ4n) is 8.93. The maximum absolute atomic E-state index is 6.59. The van der Waals surface area contributed by atoms with E-state index >= 15 is 0 Å². The molecule has 0 aliphatic rings. The third-order valence-electron chi connectivity index (χ3n) is 11.8. The largest absolute Gasteiger partial charge is 0.455 e. The Morgan fingerprint density at radius 1 is 0.339 bits per heavy atom. The summed E-state index contributed by atoms with van der Waals surface area (Å²) in [6, 6.07) is 77.0. The molecule has 10 aromatic carbocycles. The van der Waals surface area contributed by atoms with Crippen molar-refractivity contribution in [2.24, 2.45) is 0 Å². The highest BCUT2D eigenvalue weighted by molar-refractivity contribution is 7.25. The first-order valence-corrected chi connectivity index (χ1v) is 20.9. The van der Waals surface area contributed by atoms with Crippen LogP contribution in [0, 0.1) is 0 Å². The van der Waals surface area contributed by atoms with Crippen LogP contribution in [0.15, 0.2) is 217 Å². The van der Waals surface area contributed by atoms with E-state index in [0.29, 0.717) is 0 Å². The summed E-state index contributed by atoms with van der Waals surface area (Å²) in [7, 11) is 0. The minimum absolute atomic E-state index is 0.893. The Hall–Kier alpha value is -7.46. The van der Waals surface area contributed by atoms with Gasteiger partial charge in [0, 0.05) is 53.4 Å². The van der Waals surface area contributed by atoms with Crippen LogP contribution in [0.1, 0.15) is 0 Å². The average molecular weight is 770 g/mol. The van der Waals surface area contributed by atoms with E-state index in [-0.39, 0.29) is 0 Å². The standard InChI is InChI=1S/C56H35NOS/c1-2-11-40-33-41(20-19-36(40)9-1)37-21-27-44(28-22-37)57(45-29-23-38(24-30-45)42-26-31-50-49-15-5-6-18-53(49)59-54(50)35-42)46-13-7-12-43(34-46)47-16-8-17-52-55(47)51-32-25-39-10-3-4-14-48(39)56(51)58-52/h1-35H. The first-order valence-electron chi connectivity index (χ1n) is 20.1. The smallest absolute Gasteiger partial charge is 0.143 e. The Kier molecular flexibility index (Phi) is 7.75. The van der Waals surface area contributed by atoms with Gasteiger partial charge in [0.25, 0.3) is 0 Å². The van der Waals surface area contributed by atoms with Crippen molar-refractivity contribution in [3.63, 3.8) is 0 Å². The molecule has 0 spiro atoms. The van der Waals surface area contributed by atoms with Gasteiger partial charge in [-0.2, -0.15) is 0 Å². The van der Waals surface area contributed by atoms with Gasteiger partial charge < -0.3 is 9.32 Å². The summed E-state index contributed by atoms with van der Waals surface area (Å²) in [6.45, 7) is 0. The summed E-state index contributed by atoms with van der Waals surface area (Å²) in [5.41, 5.74) is 12.2. The quantitative estimate of drug-likeness (QED) is 0.167. The Bertz CT molecular complexity index is 3560. The molecular weight excluding hydrogens is 735 g/mol. The van der Waals surface area contributed by atoms with Crippen LogP contribution in [0.4, 0.5) is 17.1 Å². The number of hydrogen-bond donors (Lipinski definition) is 0. The number of fused-ring (bicyclic) bond motifs is 9. The maximum atomic E-state index is 6.59. The molecule has 2 heterocycles. The second-order valence-electron chi connectivity index (χ2n) is 15.3. The van der Waals surface area contributed by atoms with Crippen molar-refractivity contribution < 1.29 is 4.42 Å². The molecule has 12 rings (SSSR count). The van der Waals surface area contributed by atoms with Gasteiger partial charge in [0.1, 0.15) is 11.2 Å². The van der Waals surface area contributed by atoms with Crippen molar-refractivity contribution in [1.82, 2.24) is 0 Å². The number of rotatable bonds is 6. The van der Waals surface area contributed by atoms with Crippen LogP contribution in [-0.4, -0.2) is 0 Å². The van der Waals surface area contributed by atoms with Crippen molar-refractivity contribution in [2.45, 2.75) is 0 Å². The minimum Gasteiger partial charge on any atom is -0.455 e. The van der Waals surface area contributed by atoms with Gasteiger partial charge in [-0.1, -0.05) is 146 Å². The molecule has 12 aromatic rings. The number of hydrogen-bond acceptors (Lipinski definition) is 3. The number of thiophene rings is 1. The van der Waals surface area contributed by atoms with Crippen LogP contribution >= 0.6 is 11.3 Å². The monoisotopic (exact) mass is 769 g/mol. The molecule has 0 radical (unpaired) electrons. The molecule has 0 aliphatic carbocycles. The van der Waals surface area contributed by atoms with E-state index in [2.05, 4.69) is 217 Å². The lowest BCUT2D eigenvalue weighted by atomic mass is 9.97. The van der Waals surface area contributed by atoms with Crippen LogP contribution in [-0.2, 0) is 0 Å². The third kappa shape index (κ3) is 5.70. The summed E-state index contributed by atoms with van der Waals surface area (Å²) < 4.78 is 9.23. The molecule has 0 saturated carbocycles. The van der Waals surface area contributed by atoms with E-state index < -0.39 is 0 Å². The molecule has 0 unspecified atom stereocenters. The van der Waals surface area contributed by atoms with Crippen LogP contribution in [0.3, 0.4) is 0 Å². The number of benzene rings is 10. The lowest BCUT2D eigenvalue weighted by molar-refractivity contribution is 0.673. The van der Waals surface area contributed by atoms with Gasteiger partial charge in [0.15, 0.2) is 0 Å². The summed E-state index contributed by atoms with van der Waals surface area (Å²) in [5, 5.41) is 9.71. The lowest BCUT2D eigenvalue weighted by Crippen LogP contribution is -2.10. The zero-order valence-corrected chi connectivity index (χ0v) is 32.8. The number of anilines is 3. The van der Waals surface area contributed by atoms with Gasteiger partial charge in [-0.15, -0.1) is 11.3 Å². The first-order chi connectivity index (χ1) is 29.2. The second-order valence-corrected chi connectivity index (χ2v) is 16.4. The molecule has 3 heteroatoms. The zero-order valence-electron chi connectivity index (χ0n) is 32.0. The topological polar surface area (TPSA) is 16.4 Å². The molecule has 0 N–H and O–H groups in total. The highest BCUT2D eigenvalue weighted by Crippen LogP contribution is 2.43. The fraction of sp³-hybridized carbons (Fsp3) is 0. The van der Waals surface area contributed by atoms with Crippen LogP contribution in [0.5, 0.6) is 0 Å². The van der Waals surface area contributed by atoms with E-state index in [1.807, 2.05) is 11.3 Å². The molecule has 0 atom stereocenters. The Morgan fingerprint density at radius 3 is 1.76 bits per heavy atom. The SMILES string of the molecule is c1cc(-c2cccc3oc4c5ccccc5ccc4c23)cc(N(c2ccc(-c3ccc4ccccc4c3)cc2)c2ccc(-c3ccc4c(c3)sc3ccccc34)cc2)c1. The fourth-order valence-corrected chi connectivity index (χ4v) is 10.1. The first kappa shape index (κ1) is 33.7. The van der Waals surface area contributed by atoms with Crippen molar-refractivity contribution >= 4 is 92.1 Å². The predicted molar refractivity (Wildman–Crippen MR) is 253 cm³/mol. The maximum Gasteiger partial charge on any atom is 0.143 e. The molecule has 0 amide bonds. The van der Waals surface area contributed by atoms with Gasteiger partial charge in [-0.25, -0.2) is 0 Å². The van der Waals surface area contributed by atoms with Gasteiger partial charge in [0.2, 0.25) is 0 Å². The molecular formula is C56H35NOS. The van der Waals surface area contributed by atoms with E-state index in [1.165, 1.54) is 58.6 Å². The molecule has 0 bridgehead atoms. The molecule has 2 nitrogen and oxygen atoms in total. The van der Waals surface area contributed by atoms with E-state index in [1.54, 1.807) is 0 Å². The minimum atomic E-state index is 0.893. The van der Waals surface area contributed by atoms with Crippen molar-refractivity contribution in [3.8, 4) is 33.4 Å². The Labute approximate surface area is 345 Å². The normalized spacial score (nSPS) is 11.7. The molecule has 59 heavy (non-hydrogen) atoms. The van der Waals surface area contributed by atoms with Crippen LogP contribution < -0.4 is 4.90 Å². The van der Waals surface area contributed by atoms with E-state index in [4.69, 9.17) is 4.42 Å². The van der Waals surface area contributed by atoms with E-state index in [9.17, 15) is 0 Å². The predicted octanol–water partition coefficient (Wildman–Crippen LogP) is 16.7. The van der Waals surface area contributed by atoms with Crippen molar-refractivity contribution in [3.05, 3.63) is 212 Å². The summed E-state index contributed by atoms with van der Waals surface area (Å²) in [4.78, 5) is 2.37. The molecule has 0 aliphatic heterocycles. The Balaban J connectivity index is 0.971. The van der Waals surface area contributed by atoms with Gasteiger partial charge in [-0.05, 0) is 116 Å². The Morgan fingerprint density at radius 2 is 0.949 bits per heavy atom. The van der Waals surface area contributed by atoms with Crippen molar-refractivity contribution in [2.75, 3.05) is 4.90 Å². The lowest BCUT2D eigenvalue weighted by Gasteiger charge is -2.26. The third-order valence-corrected chi connectivity index (χ3v) is 13.0.